The Bertz CT molecular complexity index is 854. The third-order valence-electron chi connectivity index (χ3n) is 3.90. The lowest BCUT2D eigenvalue weighted by atomic mass is 10.0. The van der Waals surface area contributed by atoms with Gasteiger partial charge >= 0.3 is 0 Å². The zero-order chi connectivity index (χ0) is 18.4. The molecule has 26 heavy (non-hydrogen) atoms. The fraction of sp³-hybridized carbons (Fsp3) is 0.190. The fourth-order valence-electron chi connectivity index (χ4n) is 2.51. The number of rotatable bonds is 7. The summed E-state index contributed by atoms with van der Waals surface area (Å²) in [6.07, 6.45) is 0. The van der Waals surface area contributed by atoms with Gasteiger partial charge in [0, 0.05) is 18.4 Å². The van der Waals surface area contributed by atoms with Crippen LogP contribution in [0.15, 0.2) is 60.0 Å². The van der Waals surface area contributed by atoms with Crippen LogP contribution in [0.3, 0.4) is 0 Å². The molecule has 0 spiro atoms. The Morgan fingerprint density at radius 2 is 1.73 bits per heavy atom. The highest BCUT2D eigenvalue weighted by Gasteiger charge is 2.15. The van der Waals surface area contributed by atoms with E-state index in [1.807, 2.05) is 54.8 Å². The molecule has 1 amide bonds. The molecular formula is C21H21NO3S. The van der Waals surface area contributed by atoms with Gasteiger partial charge in [-0.05, 0) is 48.2 Å². The first kappa shape index (κ1) is 18.2. The molecule has 5 heteroatoms. The van der Waals surface area contributed by atoms with Crippen LogP contribution in [0, 0.1) is 6.92 Å². The number of hydrogen-bond acceptors (Lipinski definition) is 4. The molecular weight excluding hydrogens is 346 g/mol. The van der Waals surface area contributed by atoms with Crippen molar-refractivity contribution in [1.29, 1.82) is 0 Å². The highest BCUT2D eigenvalue weighted by atomic mass is 32.1. The Kier molecular flexibility index (Phi) is 6.04. The van der Waals surface area contributed by atoms with Crippen molar-refractivity contribution in [3.8, 4) is 16.9 Å². The molecule has 0 fully saturated rings. The molecule has 0 bridgehead atoms. The molecule has 2 aromatic carbocycles. The maximum absolute atomic E-state index is 12.7. The molecule has 4 nitrogen and oxygen atoms in total. The van der Waals surface area contributed by atoms with Crippen molar-refractivity contribution in [2.24, 2.45) is 0 Å². The summed E-state index contributed by atoms with van der Waals surface area (Å²) in [5.74, 6) is 0.639. The van der Waals surface area contributed by atoms with Crippen LogP contribution >= 0.6 is 11.3 Å². The van der Waals surface area contributed by atoms with Crippen LogP contribution in [0.25, 0.3) is 11.1 Å². The molecule has 0 unspecified atom stereocenters. The predicted molar refractivity (Wildman–Crippen MR) is 106 cm³/mol. The van der Waals surface area contributed by atoms with Crippen molar-refractivity contribution in [3.05, 3.63) is 70.4 Å². The topological polar surface area (TPSA) is 47.6 Å². The lowest BCUT2D eigenvalue weighted by molar-refractivity contribution is 0.103. The maximum atomic E-state index is 12.7. The minimum absolute atomic E-state index is 0.108. The van der Waals surface area contributed by atoms with Crippen molar-refractivity contribution < 1.29 is 14.3 Å². The zero-order valence-electron chi connectivity index (χ0n) is 14.8. The summed E-state index contributed by atoms with van der Waals surface area (Å²) in [4.78, 5) is 13.4. The first-order valence-corrected chi connectivity index (χ1v) is 9.23. The molecule has 1 heterocycles. The number of aryl methyl sites for hydroxylation is 1. The number of benzene rings is 2. The average molecular weight is 367 g/mol. The second-order valence-corrected chi connectivity index (χ2v) is 6.77. The van der Waals surface area contributed by atoms with Crippen molar-refractivity contribution in [3.63, 3.8) is 0 Å². The molecule has 1 aromatic heterocycles. The van der Waals surface area contributed by atoms with Gasteiger partial charge in [0.1, 0.15) is 12.4 Å². The molecule has 0 saturated heterocycles. The molecule has 0 atom stereocenters. The number of anilines is 1. The van der Waals surface area contributed by atoms with E-state index in [1.165, 1.54) is 16.9 Å². The first-order valence-electron chi connectivity index (χ1n) is 8.35. The molecule has 3 rings (SSSR count). The van der Waals surface area contributed by atoms with Crippen LogP contribution in [0.1, 0.15) is 15.2 Å². The summed E-state index contributed by atoms with van der Waals surface area (Å²) in [6.45, 7) is 3.09. The number of methoxy groups -OCH3 is 1. The molecule has 0 radical (unpaired) electrons. The van der Waals surface area contributed by atoms with Crippen LogP contribution in [-0.4, -0.2) is 26.2 Å². The van der Waals surface area contributed by atoms with E-state index in [9.17, 15) is 4.79 Å². The number of hydrogen-bond donors (Lipinski definition) is 1. The summed E-state index contributed by atoms with van der Waals surface area (Å²) in [6, 6.07) is 17.5. The average Bonchev–Trinajstić information content (AvgIpc) is 3.14. The standard InChI is InChI=1S/C21H21NO3S/c1-15-3-5-16(6-4-15)19-11-14-26-20(19)21(23)22-17-7-9-18(10-8-17)25-13-12-24-2/h3-11,14H,12-13H2,1-2H3,(H,22,23). The van der Waals surface area contributed by atoms with E-state index < -0.39 is 0 Å². The number of thiophene rings is 1. The van der Waals surface area contributed by atoms with E-state index >= 15 is 0 Å². The summed E-state index contributed by atoms with van der Waals surface area (Å²) in [5, 5.41) is 4.89. The van der Waals surface area contributed by atoms with E-state index in [-0.39, 0.29) is 5.91 Å². The van der Waals surface area contributed by atoms with Crippen molar-refractivity contribution in [2.75, 3.05) is 25.6 Å². The molecule has 1 N–H and O–H groups in total. The minimum Gasteiger partial charge on any atom is -0.491 e. The third-order valence-corrected chi connectivity index (χ3v) is 4.82. The second kappa shape index (κ2) is 8.65. The monoisotopic (exact) mass is 367 g/mol. The van der Waals surface area contributed by atoms with Gasteiger partial charge in [-0.25, -0.2) is 0 Å². The summed E-state index contributed by atoms with van der Waals surface area (Å²) in [7, 11) is 1.64. The number of amides is 1. The normalized spacial score (nSPS) is 10.5. The van der Waals surface area contributed by atoms with Crippen LogP contribution < -0.4 is 10.1 Å². The molecule has 134 valence electrons. The summed E-state index contributed by atoms with van der Waals surface area (Å²) < 4.78 is 10.5. The van der Waals surface area contributed by atoms with Gasteiger partial charge in [-0.3, -0.25) is 4.79 Å². The first-order chi connectivity index (χ1) is 12.7. The van der Waals surface area contributed by atoms with Crippen LogP contribution in [0.2, 0.25) is 0 Å². The smallest absolute Gasteiger partial charge is 0.266 e. The van der Waals surface area contributed by atoms with Gasteiger partial charge in [-0.1, -0.05) is 29.8 Å². The van der Waals surface area contributed by atoms with Gasteiger partial charge < -0.3 is 14.8 Å². The quantitative estimate of drug-likeness (QED) is 0.598. The van der Waals surface area contributed by atoms with Crippen LogP contribution in [-0.2, 0) is 4.74 Å². The lowest BCUT2D eigenvalue weighted by Gasteiger charge is -2.09. The van der Waals surface area contributed by atoms with Crippen molar-refractivity contribution >= 4 is 22.9 Å². The van der Waals surface area contributed by atoms with E-state index in [1.54, 1.807) is 7.11 Å². The lowest BCUT2D eigenvalue weighted by Crippen LogP contribution is -2.11. The molecule has 0 saturated carbocycles. The summed E-state index contributed by atoms with van der Waals surface area (Å²) >= 11 is 1.44. The minimum atomic E-state index is -0.108. The number of nitrogens with one attached hydrogen (secondary N) is 1. The third kappa shape index (κ3) is 4.50. The zero-order valence-corrected chi connectivity index (χ0v) is 15.6. The Labute approximate surface area is 157 Å². The van der Waals surface area contributed by atoms with Crippen molar-refractivity contribution in [2.45, 2.75) is 6.92 Å². The Balaban J connectivity index is 1.69. The van der Waals surface area contributed by atoms with Gasteiger partial charge in [-0.15, -0.1) is 11.3 Å². The van der Waals surface area contributed by atoms with Gasteiger partial charge in [0.25, 0.3) is 5.91 Å². The van der Waals surface area contributed by atoms with E-state index in [4.69, 9.17) is 9.47 Å². The Morgan fingerprint density at radius 1 is 1.00 bits per heavy atom. The van der Waals surface area contributed by atoms with Gasteiger partial charge in [0.05, 0.1) is 11.5 Å². The SMILES string of the molecule is COCCOc1ccc(NC(=O)c2sccc2-c2ccc(C)cc2)cc1. The highest BCUT2D eigenvalue weighted by molar-refractivity contribution is 7.12. The highest BCUT2D eigenvalue weighted by Crippen LogP contribution is 2.29. The Morgan fingerprint density at radius 3 is 2.42 bits per heavy atom. The largest absolute Gasteiger partial charge is 0.491 e. The van der Waals surface area contributed by atoms with Crippen molar-refractivity contribution in [1.82, 2.24) is 0 Å². The van der Waals surface area contributed by atoms with E-state index in [0.29, 0.717) is 18.1 Å². The number of carbonyl (C=O) groups excluding carboxylic acids is 1. The number of carbonyl (C=O) groups is 1. The van der Waals surface area contributed by atoms with Gasteiger partial charge in [0.2, 0.25) is 0 Å². The number of ether oxygens (including phenoxy) is 2. The van der Waals surface area contributed by atoms with Crippen LogP contribution in [0.5, 0.6) is 5.75 Å². The second-order valence-electron chi connectivity index (χ2n) is 5.85. The maximum Gasteiger partial charge on any atom is 0.266 e. The molecule has 0 aliphatic heterocycles. The Hall–Kier alpha value is -2.63. The van der Waals surface area contributed by atoms with E-state index in [2.05, 4.69) is 17.4 Å². The summed E-state index contributed by atoms with van der Waals surface area (Å²) in [5.41, 5.74) is 3.93. The van der Waals surface area contributed by atoms with Gasteiger partial charge in [-0.2, -0.15) is 0 Å². The fourth-order valence-corrected chi connectivity index (χ4v) is 3.32. The van der Waals surface area contributed by atoms with Crippen LogP contribution in [0.4, 0.5) is 5.69 Å². The predicted octanol–water partition coefficient (Wildman–Crippen LogP) is 5.00. The molecule has 3 aromatic rings. The van der Waals surface area contributed by atoms with E-state index in [0.717, 1.165) is 22.6 Å². The molecule has 0 aliphatic rings. The molecule has 0 aliphatic carbocycles. The van der Waals surface area contributed by atoms with Gasteiger partial charge in [0.15, 0.2) is 0 Å².